The van der Waals surface area contributed by atoms with Crippen molar-refractivity contribution in [1.29, 1.82) is 0 Å². The molecule has 1 aliphatic rings. The summed E-state index contributed by atoms with van der Waals surface area (Å²) < 4.78 is 33.6. The normalized spacial score (nSPS) is 19.1. The van der Waals surface area contributed by atoms with Crippen LogP contribution in [0, 0.1) is 0 Å². The van der Waals surface area contributed by atoms with Crippen molar-refractivity contribution in [1.82, 2.24) is 0 Å². The van der Waals surface area contributed by atoms with E-state index in [0.717, 1.165) is 5.39 Å². The third-order valence-electron chi connectivity index (χ3n) is 5.57. The Labute approximate surface area is 164 Å². The number of furan rings is 1. The number of hydrogen-bond acceptors (Lipinski definition) is 4. The van der Waals surface area contributed by atoms with Gasteiger partial charge in [-0.1, -0.05) is 30.3 Å². The van der Waals surface area contributed by atoms with Crippen LogP contribution >= 0.6 is 0 Å². The fourth-order valence-corrected chi connectivity index (χ4v) is 3.22. The van der Waals surface area contributed by atoms with E-state index in [-0.39, 0.29) is 0 Å². The van der Waals surface area contributed by atoms with E-state index in [4.69, 9.17) is 19.5 Å². The van der Waals surface area contributed by atoms with Gasteiger partial charge in [-0.2, -0.15) is 0 Å². The summed E-state index contributed by atoms with van der Waals surface area (Å²) in [5.41, 5.74) is 6.23. The predicted octanol–water partition coefficient (Wildman–Crippen LogP) is 5.38. The molecule has 2 aromatic carbocycles. The van der Waals surface area contributed by atoms with Gasteiger partial charge in [-0.05, 0) is 57.5 Å². The third kappa shape index (κ3) is 3.13. The van der Waals surface area contributed by atoms with Crippen LogP contribution < -0.4 is 5.73 Å². The average molecular weight is 379 g/mol. The van der Waals surface area contributed by atoms with Gasteiger partial charge < -0.3 is 19.5 Å². The minimum atomic E-state index is -1.12. The topological polar surface area (TPSA) is 57.6 Å². The van der Waals surface area contributed by atoms with Gasteiger partial charge in [0.1, 0.15) is 17.1 Å². The Balaban J connectivity index is 1.87. The summed E-state index contributed by atoms with van der Waals surface area (Å²) in [6, 6.07) is 16.4. The molecule has 28 heavy (non-hydrogen) atoms. The van der Waals surface area contributed by atoms with Crippen LogP contribution in [0.2, 0.25) is 0 Å². The smallest absolute Gasteiger partial charge is 0.456 e. The molecule has 0 saturated carbocycles. The Bertz CT molecular complexity index is 1000. The van der Waals surface area contributed by atoms with Crippen LogP contribution in [0.25, 0.3) is 16.5 Å². The summed E-state index contributed by atoms with van der Waals surface area (Å²) in [6.45, 7) is 7.57. The van der Waals surface area contributed by atoms with E-state index in [1.54, 1.807) is 24.3 Å². The van der Waals surface area contributed by atoms with Gasteiger partial charge >= 0.3 is 7.12 Å². The van der Waals surface area contributed by atoms with Gasteiger partial charge in [0.25, 0.3) is 0 Å². The summed E-state index contributed by atoms with van der Waals surface area (Å²) in [7, 11) is -1.12. The molecule has 1 aromatic heterocycles. The number of nitrogens with two attached hydrogens (primary N) is 1. The van der Waals surface area contributed by atoms with E-state index in [9.17, 15) is 0 Å². The number of rotatable bonds is 3. The van der Waals surface area contributed by atoms with E-state index in [1.807, 2.05) is 58.0 Å². The second-order valence-electron chi connectivity index (χ2n) is 8.08. The lowest BCUT2D eigenvalue weighted by Gasteiger charge is -2.32. The van der Waals surface area contributed by atoms with Crippen molar-refractivity contribution in [3.8, 4) is 0 Å². The fourth-order valence-electron chi connectivity index (χ4n) is 3.22. The van der Waals surface area contributed by atoms with E-state index in [2.05, 4.69) is 0 Å². The van der Waals surface area contributed by atoms with E-state index >= 15 is 4.39 Å². The van der Waals surface area contributed by atoms with E-state index in [1.165, 1.54) is 0 Å². The first-order valence-electron chi connectivity index (χ1n) is 9.28. The maximum absolute atomic E-state index is 15.8. The van der Waals surface area contributed by atoms with Crippen molar-refractivity contribution in [3.05, 3.63) is 71.6 Å². The van der Waals surface area contributed by atoms with Gasteiger partial charge in [-0.25, -0.2) is 4.39 Å². The monoisotopic (exact) mass is 379 g/mol. The molecule has 4 rings (SSSR count). The Morgan fingerprint density at radius 2 is 1.54 bits per heavy atom. The van der Waals surface area contributed by atoms with Gasteiger partial charge in [0.05, 0.1) is 16.8 Å². The molecule has 0 unspecified atom stereocenters. The second kappa shape index (κ2) is 6.50. The van der Waals surface area contributed by atoms with Crippen LogP contribution in [0.4, 0.5) is 10.1 Å². The molecule has 0 bridgehead atoms. The molecule has 0 spiro atoms. The molecule has 3 aromatic rings. The highest BCUT2D eigenvalue weighted by Gasteiger charge is 2.53. The number of fused-ring (bicyclic) bond motifs is 1. The molecule has 144 valence electrons. The Morgan fingerprint density at radius 1 is 0.929 bits per heavy atom. The molecule has 6 heteroatoms. The molecule has 0 radical (unpaired) electrons. The molecular formula is C22H23BFNO3. The van der Waals surface area contributed by atoms with Crippen LogP contribution in [-0.4, -0.2) is 18.3 Å². The molecule has 0 atom stereocenters. The second-order valence-corrected chi connectivity index (χ2v) is 8.08. The summed E-state index contributed by atoms with van der Waals surface area (Å²) >= 11 is 0. The molecule has 0 amide bonds. The zero-order chi connectivity index (χ0) is 20.1. The van der Waals surface area contributed by atoms with Gasteiger partial charge in [0.15, 0.2) is 0 Å². The number of benzene rings is 2. The van der Waals surface area contributed by atoms with Crippen LogP contribution in [-0.2, 0) is 9.31 Å². The molecule has 4 nitrogen and oxygen atoms in total. The van der Waals surface area contributed by atoms with Gasteiger partial charge in [0.2, 0.25) is 0 Å². The molecule has 2 N–H and O–H groups in total. The Hall–Kier alpha value is -2.57. The molecule has 1 fully saturated rings. The molecule has 1 saturated heterocycles. The fraction of sp³-hybridized carbons (Fsp3) is 0.273. The van der Waals surface area contributed by atoms with Crippen molar-refractivity contribution in [3.63, 3.8) is 0 Å². The lowest BCUT2D eigenvalue weighted by molar-refractivity contribution is 0.00578. The average Bonchev–Trinajstić information content (AvgIpc) is 3.14. The Morgan fingerprint density at radius 3 is 2.14 bits per heavy atom. The number of nitrogen functional groups attached to an aromatic ring is 1. The summed E-state index contributed by atoms with van der Waals surface area (Å²) in [4.78, 5) is 0. The number of halogens is 1. The maximum Gasteiger partial charge on any atom is 0.526 e. The molecule has 2 heterocycles. The zero-order valence-corrected chi connectivity index (χ0v) is 16.5. The summed E-state index contributed by atoms with van der Waals surface area (Å²) in [5, 5.41) is 0.896. The lowest BCUT2D eigenvalue weighted by atomic mass is 9.82. The van der Waals surface area contributed by atoms with Gasteiger partial charge in [0, 0.05) is 11.1 Å². The lowest BCUT2D eigenvalue weighted by Crippen LogP contribution is -2.41. The van der Waals surface area contributed by atoms with E-state index in [0.29, 0.717) is 28.2 Å². The highest BCUT2D eigenvalue weighted by atomic mass is 19.1. The van der Waals surface area contributed by atoms with Crippen molar-refractivity contribution in [2.45, 2.75) is 38.9 Å². The minimum absolute atomic E-state index is 0.301. The Kier molecular flexibility index (Phi) is 4.36. The van der Waals surface area contributed by atoms with Crippen molar-refractivity contribution >= 4 is 29.3 Å². The van der Waals surface area contributed by atoms with Crippen LogP contribution in [0.15, 0.2) is 64.7 Å². The van der Waals surface area contributed by atoms with Crippen LogP contribution in [0.1, 0.15) is 39.0 Å². The first kappa shape index (κ1) is 18.8. The largest absolute Gasteiger partial charge is 0.526 e. The van der Waals surface area contributed by atoms with Gasteiger partial charge in [-0.15, -0.1) is 0 Å². The highest BCUT2D eigenvalue weighted by molar-refractivity contribution is 6.55. The quantitative estimate of drug-likeness (QED) is 0.491. The van der Waals surface area contributed by atoms with Crippen LogP contribution in [0.3, 0.4) is 0 Å². The molecule has 0 aliphatic carbocycles. The molecular weight excluding hydrogens is 356 g/mol. The standard InChI is InChI=1S/C22H23BFNO3/c1-21(2)22(3,4)28-23(27-21)20(24)19(14-9-11-16(25)12-10-14)18-13-15-7-5-6-8-17(15)26-18/h5-13H,25H2,1-4H3. The SMILES string of the molecule is CC1(C)OB(C(F)=C(c2ccc(N)cc2)c2cc3ccccc3o2)OC1(C)C. The maximum atomic E-state index is 15.8. The van der Waals surface area contributed by atoms with E-state index < -0.39 is 24.0 Å². The minimum Gasteiger partial charge on any atom is -0.456 e. The number of hydrogen-bond donors (Lipinski definition) is 1. The first-order chi connectivity index (χ1) is 13.2. The zero-order valence-electron chi connectivity index (χ0n) is 16.5. The first-order valence-corrected chi connectivity index (χ1v) is 9.28. The van der Waals surface area contributed by atoms with Gasteiger partial charge in [-0.3, -0.25) is 0 Å². The third-order valence-corrected chi connectivity index (χ3v) is 5.57. The molecule has 1 aliphatic heterocycles. The highest BCUT2D eigenvalue weighted by Crippen LogP contribution is 2.42. The van der Waals surface area contributed by atoms with Crippen LogP contribution in [0.5, 0.6) is 0 Å². The van der Waals surface area contributed by atoms with Crippen molar-refractivity contribution in [2.24, 2.45) is 0 Å². The number of anilines is 1. The van der Waals surface area contributed by atoms with Crippen molar-refractivity contribution in [2.75, 3.05) is 5.73 Å². The summed E-state index contributed by atoms with van der Waals surface area (Å²) in [6.07, 6.45) is 0. The summed E-state index contributed by atoms with van der Waals surface area (Å²) in [5.74, 6) is 0.415. The predicted molar refractivity (Wildman–Crippen MR) is 110 cm³/mol. The van der Waals surface area contributed by atoms with Crippen molar-refractivity contribution < 1.29 is 18.1 Å². The number of para-hydroxylation sites is 1.